The average molecular weight is 368 g/mol. The third-order valence-electron chi connectivity index (χ3n) is 5.04. The molecule has 2 amide bonds. The summed E-state index contributed by atoms with van der Waals surface area (Å²) in [5.41, 5.74) is 5.36. The lowest BCUT2D eigenvalue weighted by Gasteiger charge is -2.08. The summed E-state index contributed by atoms with van der Waals surface area (Å²) in [5, 5.41) is 13.2. The van der Waals surface area contributed by atoms with Crippen molar-refractivity contribution in [1.82, 2.24) is 15.5 Å². The van der Waals surface area contributed by atoms with E-state index < -0.39 is 0 Å². The minimum absolute atomic E-state index is 0.127. The molecule has 3 N–H and O–H groups in total. The number of hydrogen-bond donors (Lipinski definition) is 3. The van der Waals surface area contributed by atoms with Crippen LogP contribution in [0.1, 0.15) is 61.5 Å². The highest BCUT2D eigenvalue weighted by Gasteiger charge is 2.16. The molecule has 0 unspecified atom stereocenters. The lowest BCUT2D eigenvalue weighted by Crippen LogP contribution is -2.25. The van der Waals surface area contributed by atoms with Crippen molar-refractivity contribution in [3.63, 3.8) is 0 Å². The molecule has 144 valence electrons. The van der Waals surface area contributed by atoms with E-state index in [0.29, 0.717) is 6.54 Å². The SMILES string of the molecule is CCc1cccc(NC(=O)CCC(=O)NCc2n[nH]c3c2CCCCC3)c1. The number of H-pyrrole nitrogens is 1. The molecule has 27 heavy (non-hydrogen) atoms. The first-order valence-corrected chi connectivity index (χ1v) is 9.86. The lowest BCUT2D eigenvalue weighted by atomic mass is 10.1. The minimum atomic E-state index is -0.146. The van der Waals surface area contributed by atoms with Crippen LogP contribution < -0.4 is 10.6 Å². The van der Waals surface area contributed by atoms with Crippen molar-refractivity contribution in [1.29, 1.82) is 0 Å². The zero-order valence-corrected chi connectivity index (χ0v) is 15.9. The molecule has 0 fully saturated rings. The van der Waals surface area contributed by atoms with Crippen molar-refractivity contribution < 1.29 is 9.59 Å². The molecular weight excluding hydrogens is 340 g/mol. The van der Waals surface area contributed by atoms with Gasteiger partial charge in [0.15, 0.2) is 0 Å². The van der Waals surface area contributed by atoms with Crippen LogP contribution in [0.15, 0.2) is 24.3 Å². The van der Waals surface area contributed by atoms with Crippen molar-refractivity contribution in [2.75, 3.05) is 5.32 Å². The van der Waals surface area contributed by atoms with E-state index in [-0.39, 0.29) is 24.7 Å². The molecule has 3 rings (SSSR count). The van der Waals surface area contributed by atoms with Gasteiger partial charge < -0.3 is 10.6 Å². The maximum absolute atomic E-state index is 12.1. The largest absolute Gasteiger partial charge is 0.350 e. The van der Waals surface area contributed by atoms with E-state index in [2.05, 4.69) is 27.8 Å². The molecule has 1 aromatic carbocycles. The molecule has 0 bridgehead atoms. The Morgan fingerprint density at radius 2 is 1.93 bits per heavy atom. The Kier molecular flexibility index (Phi) is 6.63. The van der Waals surface area contributed by atoms with E-state index in [4.69, 9.17) is 0 Å². The summed E-state index contributed by atoms with van der Waals surface area (Å²) in [6, 6.07) is 7.77. The molecule has 2 aromatic rings. The summed E-state index contributed by atoms with van der Waals surface area (Å²) >= 11 is 0. The first-order chi connectivity index (χ1) is 13.2. The first-order valence-electron chi connectivity index (χ1n) is 9.86. The quantitative estimate of drug-likeness (QED) is 0.656. The topological polar surface area (TPSA) is 86.9 Å². The number of fused-ring (bicyclic) bond motifs is 1. The fourth-order valence-corrected chi connectivity index (χ4v) is 3.46. The van der Waals surface area contributed by atoms with Gasteiger partial charge in [0, 0.05) is 24.2 Å². The van der Waals surface area contributed by atoms with Crippen molar-refractivity contribution >= 4 is 17.5 Å². The normalized spacial score (nSPS) is 13.5. The van der Waals surface area contributed by atoms with Crippen LogP contribution in [0.25, 0.3) is 0 Å². The fraction of sp³-hybridized carbons (Fsp3) is 0.476. The van der Waals surface area contributed by atoms with Gasteiger partial charge in [0.05, 0.1) is 12.2 Å². The van der Waals surface area contributed by atoms with Gasteiger partial charge in [-0.2, -0.15) is 5.10 Å². The number of aromatic nitrogens is 2. The summed E-state index contributed by atoms with van der Waals surface area (Å²) in [6.45, 7) is 2.49. The van der Waals surface area contributed by atoms with E-state index >= 15 is 0 Å². The molecule has 1 aliphatic carbocycles. The molecule has 6 nitrogen and oxygen atoms in total. The number of anilines is 1. The fourth-order valence-electron chi connectivity index (χ4n) is 3.46. The van der Waals surface area contributed by atoms with Gasteiger partial charge in [-0.3, -0.25) is 14.7 Å². The number of carbonyl (C=O) groups excluding carboxylic acids is 2. The highest BCUT2D eigenvalue weighted by molar-refractivity contribution is 5.93. The summed E-state index contributed by atoms with van der Waals surface area (Å²) in [6.07, 6.45) is 6.93. The molecule has 0 aliphatic heterocycles. The number of aryl methyl sites for hydroxylation is 2. The second-order valence-corrected chi connectivity index (χ2v) is 7.07. The van der Waals surface area contributed by atoms with Crippen LogP contribution in [0.2, 0.25) is 0 Å². The molecule has 0 radical (unpaired) electrons. The van der Waals surface area contributed by atoms with Gasteiger partial charge in [0.2, 0.25) is 11.8 Å². The predicted molar refractivity (Wildman–Crippen MR) is 105 cm³/mol. The number of aromatic amines is 1. The van der Waals surface area contributed by atoms with Gasteiger partial charge in [-0.05, 0) is 55.4 Å². The second kappa shape index (κ2) is 9.35. The zero-order valence-electron chi connectivity index (χ0n) is 15.9. The summed E-state index contributed by atoms with van der Waals surface area (Å²) < 4.78 is 0. The molecular formula is C21H28N4O2. The van der Waals surface area contributed by atoms with Crippen LogP contribution in [-0.2, 0) is 35.4 Å². The van der Waals surface area contributed by atoms with Gasteiger partial charge in [-0.25, -0.2) is 0 Å². The minimum Gasteiger partial charge on any atom is -0.350 e. The highest BCUT2D eigenvalue weighted by atomic mass is 16.2. The first kappa shape index (κ1) is 19.1. The maximum Gasteiger partial charge on any atom is 0.224 e. The van der Waals surface area contributed by atoms with Crippen LogP contribution in [0.3, 0.4) is 0 Å². The van der Waals surface area contributed by atoms with Crippen LogP contribution in [0, 0.1) is 0 Å². The number of rotatable bonds is 7. The summed E-state index contributed by atoms with van der Waals surface area (Å²) in [5.74, 6) is -0.273. The van der Waals surface area contributed by atoms with E-state index in [9.17, 15) is 9.59 Å². The second-order valence-electron chi connectivity index (χ2n) is 7.07. The van der Waals surface area contributed by atoms with E-state index in [1.807, 2.05) is 24.3 Å². The molecule has 6 heteroatoms. The number of benzene rings is 1. The Hall–Kier alpha value is -2.63. The van der Waals surface area contributed by atoms with Crippen LogP contribution in [-0.4, -0.2) is 22.0 Å². The number of carbonyl (C=O) groups is 2. The molecule has 1 heterocycles. The number of amides is 2. The van der Waals surface area contributed by atoms with Crippen LogP contribution in [0.4, 0.5) is 5.69 Å². The van der Waals surface area contributed by atoms with Gasteiger partial charge in [-0.15, -0.1) is 0 Å². The van der Waals surface area contributed by atoms with Gasteiger partial charge in [0.25, 0.3) is 0 Å². The number of hydrogen-bond acceptors (Lipinski definition) is 3. The third kappa shape index (κ3) is 5.42. The molecule has 1 aromatic heterocycles. The average Bonchev–Trinajstić information content (AvgIpc) is 2.91. The van der Waals surface area contributed by atoms with E-state index in [1.54, 1.807) is 0 Å². The summed E-state index contributed by atoms with van der Waals surface area (Å²) in [7, 11) is 0. The van der Waals surface area contributed by atoms with E-state index in [1.165, 1.54) is 36.1 Å². The molecule has 0 saturated carbocycles. The standard InChI is InChI=1S/C21H28N4O2/c1-2-15-7-6-8-16(13-15)23-21(27)12-11-20(26)22-14-19-17-9-4-3-5-10-18(17)24-25-19/h6-8,13H,2-5,9-12,14H2,1H3,(H,22,26)(H,23,27)(H,24,25). The predicted octanol–water partition coefficient (Wildman–Crippen LogP) is 3.28. The van der Waals surface area contributed by atoms with Gasteiger partial charge in [0.1, 0.15) is 0 Å². The monoisotopic (exact) mass is 368 g/mol. The maximum atomic E-state index is 12.1. The number of nitrogens with one attached hydrogen (secondary N) is 3. The zero-order chi connectivity index (χ0) is 19.1. The Bertz CT molecular complexity index is 797. The molecule has 1 aliphatic rings. The number of nitrogens with zero attached hydrogens (tertiary/aromatic N) is 1. The van der Waals surface area contributed by atoms with Crippen molar-refractivity contribution in [2.45, 2.75) is 64.8 Å². The lowest BCUT2D eigenvalue weighted by molar-refractivity contribution is -0.124. The van der Waals surface area contributed by atoms with Crippen molar-refractivity contribution in [3.05, 3.63) is 46.8 Å². The smallest absolute Gasteiger partial charge is 0.224 e. The van der Waals surface area contributed by atoms with Crippen molar-refractivity contribution in [3.8, 4) is 0 Å². The molecule has 0 saturated heterocycles. The Labute approximate surface area is 160 Å². The van der Waals surface area contributed by atoms with Gasteiger partial charge >= 0.3 is 0 Å². The molecule has 0 atom stereocenters. The Balaban J connectivity index is 1.43. The van der Waals surface area contributed by atoms with Crippen LogP contribution in [0.5, 0.6) is 0 Å². The third-order valence-corrected chi connectivity index (χ3v) is 5.04. The summed E-state index contributed by atoms with van der Waals surface area (Å²) in [4.78, 5) is 24.2. The highest BCUT2D eigenvalue weighted by Crippen LogP contribution is 2.21. The molecule has 0 spiro atoms. The van der Waals surface area contributed by atoms with Crippen LogP contribution >= 0.6 is 0 Å². The van der Waals surface area contributed by atoms with E-state index in [0.717, 1.165) is 30.6 Å². The van der Waals surface area contributed by atoms with Crippen molar-refractivity contribution in [2.24, 2.45) is 0 Å². The Morgan fingerprint density at radius 1 is 1.11 bits per heavy atom. The van der Waals surface area contributed by atoms with Gasteiger partial charge in [-0.1, -0.05) is 25.5 Å². The Morgan fingerprint density at radius 3 is 2.78 bits per heavy atom.